The van der Waals surface area contributed by atoms with Crippen LogP contribution in [0, 0.1) is 0 Å². The molecule has 0 atom stereocenters. The summed E-state index contributed by atoms with van der Waals surface area (Å²) in [5.74, 6) is -1.29. The number of anilines is 1. The minimum atomic E-state index is -0.575. The molecule has 7 nitrogen and oxygen atoms in total. The van der Waals surface area contributed by atoms with Gasteiger partial charge in [-0.25, -0.2) is 4.79 Å². The number of hydrogen-bond donors (Lipinski definition) is 1. The summed E-state index contributed by atoms with van der Waals surface area (Å²) in [6.07, 6.45) is 0.0190. The van der Waals surface area contributed by atoms with E-state index in [0.717, 1.165) is 0 Å². The Labute approximate surface area is 187 Å². The Morgan fingerprint density at radius 2 is 1.83 bits per heavy atom. The molecular formula is C20H18Cl3N3O4. The van der Waals surface area contributed by atoms with Crippen molar-refractivity contribution in [2.24, 2.45) is 0 Å². The lowest BCUT2D eigenvalue weighted by molar-refractivity contribution is -0.134. The molecule has 0 spiro atoms. The molecule has 3 aromatic rings. The summed E-state index contributed by atoms with van der Waals surface area (Å²) in [5, 5.41) is 3.68. The van der Waals surface area contributed by atoms with Crippen LogP contribution in [-0.2, 0) is 16.1 Å². The molecule has 2 amide bonds. The van der Waals surface area contributed by atoms with Crippen molar-refractivity contribution in [2.75, 3.05) is 18.4 Å². The molecule has 0 saturated carbocycles. The fourth-order valence-electron chi connectivity index (χ4n) is 2.96. The number of aromatic nitrogens is 1. The van der Waals surface area contributed by atoms with Gasteiger partial charge in [0.25, 0.3) is 0 Å². The lowest BCUT2D eigenvalue weighted by Gasteiger charge is -2.21. The molecule has 0 aliphatic heterocycles. The van der Waals surface area contributed by atoms with E-state index in [9.17, 15) is 14.4 Å². The monoisotopic (exact) mass is 469 g/mol. The van der Waals surface area contributed by atoms with Gasteiger partial charge in [0.1, 0.15) is 0 Å². The van der Waals surface area contributed by atoms with Gasteiger partial charge < -0.3 is 14.6 Å². The molecule has 0 unspecified atom stereocenters. The zero-order valence-corrected chi connectivity index (χ0v) is 18.2. The molecule has 0 aliphatic carbocycles. The number of fused-ring (bicyclic) bond motifs is 1. The third-order valence-electron chi connectivity index (χ3n) is 4.48. The molecule has 158 valence electrons. The zero-order chi connectivity index (χ0) is 21.8. The van der Waals surface area contributed by atoms with E-state index < -0.39 is 11.7 Å². The average Bonchev–Trinajstić information content (AvgIpc) is 3.01. The summed E-state index contributed by atoms with van der Waals surface area (Å²) >= 11 is 18.0. The maximum absolute atomic E-state index is 12.6. The highest BCUT2D eigenvalue weighted by Crippen LogP contribution is 2.29. The Kier molecular flexibility index (Phi) is 7.07. The molecule has 0 bridgehead atoms. The van der Waals surface area contributed by atoms with Crippen LogP contribution in [0.25, 0.3) is 11.1 Å². The van der Waals surface area contributed by atoms with E-state index in [4.69, 9.17) is 39.2 Å². The molecule has 0 radical (unpaired) electrons. The fourth-order valence-corrected chi connectivity index (χ4v) is 3.62. The number of oxazole rings is 1. The van der Waals surface area contributed by atoms with Crippen LogP contribution in [0.1, 0.15) is 13.3 Å². The second kappa shape index (κ2) is 9.55. The molecule has 1 N–H and O–H groups in total. The number of benzene rings is 2. The third kappa shape index (κ3) is 4.98. The third-order valence-corrected chi connectivity index (χ3v) is 5.34. The Morgan fingerprint density at radius 1 is 1.13 bits per heavy atom. The summed E-state index contributed by atoms with van der Waals surface area (Å²) in [5.41, 5.74) is 1.19. The largest absolute Gasteiger partial charge is 0.419 e. The van der Waals surface area contributed by atoms with Crippen molar-refractivity contribution in [3.8, 4) is 0 Å². The molecule has 0 saturated heterocycles. The minimum absolute atomic E-state index is 0.0190. The lowest BCUT2D eigenvalue weighted by atomic mass is 10.3. The normalized spacial score (nSPS) is 10.9. The van der Waals surface area contributed by atoms with E-state index in [0.29, 0.717) is 38.4 Å². The van der Waals surface area contributed by atoms with Crippen molar-refractivity contribution in [3.05, 3.63) is 62.0 Å². The molecule has 2 aromatic carbocycles. The van der Waals surface area contributed by atoms with E-state index in [2.05, 4.69) is 5.32 Å². The number of nitrogens with zero attached hydrogens (tertiary/aromatic N) is 2. The second-order valence-corrected chi connectivity index (χ2v) is 7.69. The van der Waals surface area contributed by atoms with E-state index in [1.807, 2.05) is 0 Å². The molecular weight excluding hydrogens is 453 g/mol. The molecule has 1 aromatic heterocycles. The van der Waals surface area contributed by atoms with Crippen LogP contribution in [0.3, 0.4) is 0 Å². The number of carbonyl (C=O) groups is 2. The van der Waals surface area contributed by atoms with Crippen LogP contribution < -0.4 is 11.1 Å². The van der Waals surface area contributed by atoms with Crippen LogP contribution >= 0.6 is 34.8 Å². The summed E-state index contributed by atoms with van der Waals surface area (Å²) < 4.78 is 6.52. The van der Waals surface area contributed by atoms with Gasteiger partial charge in [-0.15, -0.1) is 0 Å². The number of hydrogen-bond acceptors (Lipinski definition) is 4. The molecule has 30 heavy (non-hydrogen) atoms. The van der Waals surface area contributed by atoms with E-state index in [-0.39, 0.29) is 25.4 Å². The van der Waals surface area contributed by atoms with Crippen LogP contribution in [0.2, 0.25) is 15.1 Å². The molecule has 0 aliphatic rings. The summed E-state index contributed by atoms with van der Waals surface area (Å²) in [4.78, 5) is 38.5. The molecule has 10 heteroatoms. The van der Waals surface area contributed by atoms with Crippen molar-refractivity contribution in [1.82, 2.24) is 9.47 Å². The first-order valence-electron chi connectivity index (χ1n) is 9.10. The van der Waals surface area contributed by atoms with Crippen molar-refractivity contribution in [2.45, 2.75) is 19.9 Å². The van der Waals surface area contributed by atoms with E-state index >= 15 is 0 Å². The second-order valence-electron chi connectivity index (χ2n) is 6.43. The molecule has 3 rings (SSSR count). The highest BCUT2D eigenvalue weighted by molar-refractivity contribution is 6.39. The summed E-state index contributed by atoms with van der Waals surface area (Å²) in [6, 6.07) is 9.71. The lowest BCUT2D eigenvalue weighted by Crippen LogP contribution is -2.38. The van der Waals surface area contributed by atoms with Gasteiger partial charge in [0.2, 0.25) is 11.8 Å². The quantitative estimate of drug-likeness (QED) is 0.553. The first-order chi connectivity index (χ1) is 14.3. The van der Waals surface area contributed by atoms with E-state index in [1.54, 1.807) is 43.3 Å². The number of aryl methyl sites for hydroxylation is 1. The SMILES string of the molecule is CCN(CC(=O)Nc1c(Cl)cccc1Cl)C(=O)CCn1c(=O)oc2cc(Cl)ccc21. The Bertz CT molecular complexity index is 1140. The number of para-hydroxylation sites is 1. The van der Waals surface area contributed by atoms with Crippen LogP contribution in [0.15, 0.2) is 45.6 Å². The maximum atomic E-state index is 12.6. The Balaban J connectivity index is 1.65. The topological polar surface area (TPSA) is 84.5 Å². The van der Waals surface area contributed by atoms with Crippen molar-refractivity contribution in [1.29, 1.82) is 0 Å². The fraction of sp³-hybridized carbons (Fsp3) is 0.250. The first kappa shape index (κ1) is 22.2. The van der Waals surface area contributed by atoms with Gasteiger partial charge in [0.05, 0.1) is 27.8 Å². The van der Waals surface area contributed by atoms with Gasteiger partial charge in [0.15, 0.2) is 5.58 Å². The number of rotatable bonds is 7. The number of halogens is 3. The van der Waals surface area contributed by atoms with Gasteiger partial charge in [-0.05, 0) is 31.2 Å². The zero-order valence-electron chi connectivity index (χ0n) is 16.0. The molecule has 0 fully saturated rings. The van der Waals surface area contributed by atoms with Crippen LogP contribution in [-0.4, -0.2) is 34.4 Å². The number of amides is 2. The van der Waals surface area contributed by atoms with Crippen molar-refractivity contribution >= 4 is 63.4 Å². The van der Waals surface area contributed by atoms with Gasteiger partial charge >= 0.3 is 5.76 Å². The maximum Gasteiger partial charge on any atom is 0.419 e. The average molecular weight is 471 g/mol. The van der Waals surface area contributed by atoms with E-state index in [1.165, 1.54) is 9.47 Å². The number of nitrogens with one attached hydrogen (secondary N) is 1. The minimum Gasteiger partial charge on any atom is -0.408 e. The number of carbonyl (C=O) groups excluding carboxylic acids is 2. The van der Waals surface area contributed by atoms with Crippen molar-refractivity contribution in [3.63, 3.8) is 0 Å². The van der Waals surface area contributed by atoms with Crippen LogP contribution in [0.5, 0.6) is 0 Å². The smallest absolute Gasteiger partial charge is 0.408 e. The van der Waals surface area contributed by atoms with Crippen molar-refractivity contribution < 1.29 is 14.0 Å². The Hall–Kier alpha value is -2.48. The first-order valence-corrected chi connectivity index (χ1v) is 10.2. The highest BCUT2D eigenvalue weighted by Gasteiger charge is 2.18. The number of likely N-dealkylation sites (N-methyl/N-ethyl adjacent to an activating group) is 1. The Morgan fingerprint density at radius 3 is 2.50 bits per heavy atom. The van der Waals surface area contributed by atoms with Gasteiger partial charge in [-0.2, -0.15) is 0 Å². The predicted molar refractivity (Wildman–Crippen MR) is 117 cm³/mol. The predicted octanol–water partition coefficient (Wildman–Crippen LogP) is 4.43. The summed E-state index contributed by atoms with van der Waals surface area (Å²) in [6.45, 7) is 2.02. The van der Waals surface area contributed by atoms with Gasteiger partial charge in [-0.3, -0.25) is 14.2 Å². The molecule has 1 heterocycles. The summed E-state index contributed by atoms with van der Waals surface area (Å²) in [7, 11) is 0. The standard InChI is InChI=1S/C20H18Cl3N3O4/c1-2-25(11-17(27)24-19-13(22)4-3-5-14(19)23)18(28)8-9-26-15-7-6-12(21)10-16(15)30-20(26)29/h3-7,10H,2,8-9,11H2,1H3,(H,24,27). The van der Waals surface area contributed by atoms with Gasteiger partial charge in [-0.1, -0.05) is 40.9 Å². The van der Waals surface area contributed by atoms with Crippen LogP contribution in [0.4, 0.5) is 5.69 Å². The highest BCUT2D eigenvalue weighted by atomic mass is 35.5. The van der Waals surface area contributed by atoms with Gasteiger partial charge in [0, 0.05) is 30.6 Å².